The molecule has 0 aliphatic rings. The van der Waals surface area contributed by atoms with Crippen molar-refractivity contribution in [1.82, 2.24) is 0 Å². The number of fused-ring (bicyclic) bond motifs is 1. The molecule has 1 aromatic carbocycles. The first-order chi connectivity index (χ1) is 8.93. The first-order valence-corrected chi connectivity index (χ1v) is 5.90. The Kier molecular flexibility index (Phi) is 2.77. The maximum atomic E-state index is 3.22. The Morgan fingerprint density at radius 1 is 0.667 bits per heavy atom. The number of pyridine rings is 2. The first kappa shape index (κ1) is 10.6. The molecule has 0 saturated carbocycles. The molecule has 3 rings (SSSR count). The van der Waals surface area contributed by atoms with E-state index in [-0.39, 0.29) is 0 Å². The maximum absolute atomic E-state index is 3.22. The molecule has 0 atom stereocenters. The quantitative estimate of drug-likeness (QED) is 0.413. The average Bonchev–Trinajstić information content (AvgIpc) is 2.46. The number of benzene rings is 1. The topological polar surface area (TPSA) is 4.10 Å². The van der Waals surface area contributed by atoms with Crippen LogP contribution < -0.4 is 4.40 Å². The van der Waals surface area contributed by atoms with E-state index >= 15 is 0 Å². The molecule has 0 saturated heterocycles. The third-order valence-corrected chi connectivity index (χ3v) is 2.78. The maximum Gasteiger partial charge on any atom is 0.262 e. The lowest BCUT2D eigenvalue weighted by atomic mass is 10.2. The smallest absolute Gasteiger partial charge is 0.153 e. The van der Waals surface area contributed by atoms with Gasteiger partial charge in [-0.25, -0.2) is 0 Å². The zero-order valence-corrected chi connectivity index (χ0v) is 9.88. The summed E-state index contributed by atoms with van der Waals surface area (Å²) in [5.41, 5.74) is 3.18. The number of rotatable bonds is 0. The van der Waals surface area contributed by atoms with Crippen LogP contribution in [-0.2, 0) is 0 Å². The number of hydrogen-bond acceptors (Lipinski definition) is 0. The molecular formula is C17H12N+. The second-order valence-electron chi connectivity index (χ2n) is 4.02. The fourth-order valence-corrected chi connectivity index (χ4v) is 1.89. The van der Waals surface area contributed by atoms with Crippen LogP contribution in [0, 0.1) is 11.8 Å². The molecule has 0 bridgehead atoms. The van der Waals surface area contributed by atoms with Crippen LogP contribution in [0.1, 0.15) is 11.3 Å². The van der Waals surface area contributed by atoms with Crippen molar-refractivity contribution in [3.63, 3.8) is 0 Å². The van der Waals surface area contributed by atoms with E-state index in [1.54, 1.807) is 0 Å². The lowest BCUT2D eigenvalue weighted by molar-refractivity contribution is -0.515. The molecule has 0 radical (unpaired) electrons. The highest BCUT2D eigenvalue weighted by Gasteiger charge is 2.04. The van der Waals surface area contributed by atoms with Crippen LogP contribution in [0.5, 0.6) is 0 Å². The van der Waals surface area contributed by atoms with Gasteiger partial charge in [0, 0.05) is 35.7 Å². The van der Waals surface area contributed by atoms with Gasteiger partial charge >= 0.3 is 0 Å². The minimum atomic E-state index is 0.997. The summed E-state index contributed by atoms with van der Waals surface area (Å²) < 4.78 is 2.09. The fraction of sp³-hybridized carbons (Fsp3) is 0. The van der Waals surface area contributed by atoms with Crippen molar-refractivity contribution in [3.05, 3.63) is 84.2 Å². The van der Waals surface area contributed by atoms with Gasteiger partial charge < -0.3 is 0 Å². The van der Waals surface area contributed by atoms with E-state index in [1.165, 1.54) is 0 Å². The van der Waals surface area contributed by atoms with E-state index < -0.39 is 0 Å². The van der Waals surface area contributed by atoms with E-state index in [9.17, 15) is 0 Å². The molecule has 0 unspecified atom stereocenters. The Morgan fingerprint density at radius 3 is 2.33 bits per heavy atom. The van der Waals surface area contributed by atoms with E-state index in [0.29, 0.717) is 0 Å². The number of aromatic nitrogens is 1. The van der Waals surface area contributed by atoms with Crippen LogP contribution in [0.25, 0.3) is 5.52 Å². The third kappa shape index (κ3) is 2.09. The first-order valence-electron chi connectivity index (χ1n) is 5.90. The minimum Gasteiger partial charge on any atom is -0.153 e. The Balaban J connectivity index is 2.09. The molecule has 0 spiro atoms. The fourth-order valence-electron chi connectivity index (χ4n) is 1.89. The van der Waals surface area contributed by atoms with Crippen LogP contribution >= 0.6 is 0 Å². The third-order valence-electron chi connectivity index (χ3n) is 2.78. The molecule has 0 aliphatic heterocycles. The molecule has 1 heteroatoms. The van der Waals surface area contributed by atoms with E-state index in [0.717, 1.165) is 16.8 Å². The molecule has 0 N–H and O–H groups in total. The van der Waals surface area contributed by atoms with Crippen LogP contribution in [0.4, 0.5) is 0 Å². The molecule has 0 fully saturated rings. The van der Waals surface area contributed by atoms with Crippen molar-refractivity contribution >= 4 is 5.52 Å². The van der Waals surface area contributed by atoms with Crippen LogP contribution in [0.2, 0.25) is 0 Å². The molecule has 18 heavy (non-hydrogen) atoms. The molecule has 2 heterocycles. The van der Waals surface area contributed by atoms with Gasteiger partial charge in [-0.15, -0.1) is 0 Å². The van der Waals surface area contributed by atoms with Gasteiger partial charge in [0.25, 0.3) is 5.69 Å². The van der Waals surface area contributed by atoms with Gasteiger partial charge in [-0.05, 0) is 24.3 Å². The molecule has 0 amide bonds. The standard InChI is InChI=1S/C17H12N/c1-2-7-15(8-3-1)12-13-17-11-6-10-16-9-4-5-14-18(16)17/h1-11,14H/q+1. The van der Waals surface area contributed by atoms with Gasteiger partial charge in [0.1, 0.15) is 0 Å². The summed E-state index contributed by atoms with van der Waals surface area (Å²) in [7, 11) is 0. The van der Waals surface area contributed by atoms with E-state index in [4.69, 9.17) is 0 Å². The summed E-state index contributed by atoms with van der Waals surface area (Å²) in [6, 6.07) is 22.3. The van der Waals surface area contributed by atoms with E-state index in [2.05, 4.69) is 28.4 Å². The van der Waals surface area contributed by atoms with Gasteiger partial charge in [-0.1, -0.05) is 24.1 Å². The molecule has 0 aliphatic carbocycles. The number of nitrogens with zero attached hydrogens (tertiary/aromatic N) is 1. The summed E-state index contributed by atoms with van der Waals surface area (Å²) in [5, 5.41) is 0. The zero-order chi connectivity index (χ0) is 12.2. The average molecular weight is 230 g/mol. The van der Waals surface area contributed by atoms with Crippen molar-refractivity contribution in [3.8, 4) is 11.8 Å². The highest BCUT2D eigenvalue weighted by molar-refractivity contribution is 5.43. The largest absolute Gasteiger partial charge is 0.262 e. The molecule has 1 nitrogen and oxygen atoms in total. The van der Waals surface area contributed by atoms with Gasteiger partial charge in [0.2, 0.25) is 5.52 Å². The van der Waals surface area contributed by atoms with Crippen molar-refractivity contribution in [2.45, 2.75) is 0 Å². The minimum absolute atomic E-state index is 0.997. The summed E-state index contributed by atoms with van der Waals surface area (Å²) >= 11 is 0. The van der Waals surface area contributed by atoms with Gasteiger partial charge in [0.05, 0.1) is 0 Å². The molecular weight excluding hydrogens is 218 g/mol. The molecule has 2 aromatic heterocycles. The van der Waals surface area contributed by atoms with Gasteiger partial charge in [-0.3, -0.25) is 0 Å². The highest BCUT2D eigenvalue weighted by Crippen LogP contribution is 1.99. The Hall–Kier alpha value is -2.59. The predicted octanol–water partition coefficient (Wildman–Crippen LogP) is 2.83. The van der Waals surface area contributed by atoms with Crippen molar-refractivity contribution in [1.29, 1.82) is 0 Å². The Labute approximate surface area is 106 Å². The highest BCUT2D eigenvalue weighted by atomic mass is 14.9. The summed E-state index contributed by atoms with van der Waals surface area (Å²) in [6.45, 7) is 0. The number of hydrogen-bond donors (Lipinski definition) is 0. The summed E-state index contributed by atoms with van der Waals surface area (Å²) in [4.78, 5) is 0. The van der Waals surface area contributed by atoms with Crippen LogP contribution in [-0.4, -0.2) is 0 Å². The normalized spacial score (nSPS) is 9.78. The summed E-state index contributed by atoms with van der Waals surface area (Å²) in [6.07, 6.45) is 2.03. The second kappa shape index (κ2) is 4.73. The van der Waals surface area contributed by atoms with Crippen molar-refractivity contribution in [2.24, 2.45) is 0 Å². The lowest BCUT2D eigenvalue weighted by Crippen LogP contribution is -2.24. The predicted molar refractivity (Wildman–Crippen MR) is 72.0 cm³/mol. The Morgan fingerprint density at radius 2 is 1.44 bits per heavy atom. The van der Waals surface area contributed by atoms with Gasteiger partial charge in [-0.2, -0.15) is 4.40 Å². The van der Waals surface area contributed by atoms with Crippen molar-refractivity contribution in [2.75, 3.05) is 0 Å². The second-order valence-corrected chi connectivity index (χ2v) is 4.02. The lowest BCUT2D eigenvalue weighted by Gasteiger charge is -1.92. The van der Waals surface area contributed by atoms with Gasteiger partial charge in [0.15, 0.2) is 6.20 Å². The zero-order valence-electron chi connectivity index (χ0n) is 9.88. The molecule has 84 valence electrons. The van der Waals surface area contributed by atoms with E-state index in [1.807, 2.05) is 60.8 Å². The monoisotopic (exact) mass is 230 g/mol. The van der Waals surface area contributed by atoms with Crippen molar-refractivity contribution < 1.29 is 4.40 Å². The summed E-state index contributed by atoms with van der Waals surface area (Å²) in [5.74, 6) is 6.40. The Bertz CT molecular complexity index is 728. The molecule has 3 aromatic rings. The van der Waals surface area contributed by atoms with Crippen LogP contribution in [0.15, 0.2) is 72.9 Å². The van der Waals surface area contributed by atoms with Crippen LogP contribution in [0.3, 0.4) is 0 Å². The SMILES string of the molecule is C(#Cc1cccc2cccc[n+]12)c1ccccc1.